The third kappa shape index (κ3) is 3.59. The standard InChI is InChI=1S/C26H23F2N5O2/c1-25(34)13-26(29,14-25)17-9-7-16(8-10-17)21-18(15-5-3-2-4-6-15)11-19-24(30-21)35-12-20-31-32-23(22(27)28)33(19)20/h2-11,22,34H,12-14,29H2,1H3. The van der Waals surface area contributed by atoms with E-state index < -0.39 is 23.4 Å². The maximum Gasteiger partial charge on any atom is 0.297 e. The molecule has 2 aliphatic rings. The lowest BCUT2D eigenvalue weighted by Gasteiger charge is -2.49. The molecule has 0 unspecified atom stereocenters. The number of nitrogens with two attached hydrogens (primary N) is 1. The Bertz CT molecular complexity index is 1410. The highest BCUT2D eigenvalue weighted by Crippen LogP contribution is 2.47. The third-order valence-electron chi connectivity index (χ3n) is 6.71. The van der Waals surface area contributed by atoms with Crippen molar-refractivity contribution in [3.63, 3.8) is 0 Å². The van der Waals surface area contributed by atoms with Gasteiger partial charge in [-0.05, 0) is 37.0 Å². The number of hydrogen-bond donors (Lipinski definition) is 2. The van der Waals surface area contributed by atoms with Crippen LogP contribution in [0.4, 0.5) is 8.78 Å². The van der Waals surface area contributed by atoms with Crippen molar-refractivity contribution in [2.45, 2.75) is 43.9 Å². The summed E-state index contributed by atoms with van der Waals surface area (Å²) in [4.78, 5) is 4.77. The van der Waals surface area contributed by atoms with Crippen molar-refractivity contribution in [3.05, 3.63) is 77.9 Å². The number of fused-ring (bicyclic) bond motifs is 3. The van der Waals surface area contributed by atoms with Crippen molar-refractivity contribution < 1.29 is 18.6 Å². The molecule has 35 heavy (non-hydrogen) atoms. The number of benzene rings is 2. The lowest BCUT2D eigenvalue weighted by Crippen LogP contribution is -2.58. The van der Waals surface area contributed by atoms with Gasteiger partial charge in [0.25, 0.3) is 6.43 Å². The summed E-state index contributed by atoms with van der Waals surface area (Å²) in [7, 11) is 0. The van der Waals surface area contributed by atoms with Crippen LogP contribution in [-0.2, 0) is 12.1 Å². The van der Waals surface area contributed by atoms with E-state index in [1.54, 1.807) is 13.0 Å². The SMILES string of the molecule is CC1(O)CC(N)(c2ccc(-c3nc4c(cc3-c3ccccc3)-n3c(nnc3C(F)F)CO4)cc2)C1. The van der Waals surface area contributed by atoms with E-state index in [1.165, 1.54) is 4.57 Å². The van der Waals surface area contributed by atoms with Gasteiger partial charge >= 0.3 is 0 Å². The molecule has 1 fully saturated rings. The summed E-state index contributed by atoms with van der Waals surface area (Å²) in [6.45, 7) is 1.79. The Labute approximate surface area is 200 Å². The molecule has 3 heterocycles. The first-order valence-electron chi connectivity index (χ1n) is 11.3. The molecule has 2 aromatic heterocycles. The Balaban J connectivity index is 1.48. The molecule has 0 radical (unpaired) electrons. The Morgan fingerprint density at radius 1 is 1.03 bits per heavy atom. The second-order valence-corrected chi connectivity index (χ2v) is 9.56. The van der Waals surface area contributed by atoms with Crippen LogP contribution in [0.25, 0.3) is 28.1 Å². The first-order valence-corrected chi connectivity index (χ1v) is 11.3. The molecule has 178 valence electrons. The van der Waals surface area contributed by atoms with Gasteiger partial charge in [-0.25, -0.2) is 13.8 Å². The highest BCUT2D eigenvalue weighted by molar-refractivity contribution is 5.83. The number of pyridine rings is 1. The predicted molar refractivity (Wildman–Crippen MR) is 125 cm³/mol. The van der Waals surface area contributed by atoms with Gasteiger partial charge in [0.2, 0.25) is 11.7 Å². The maximum absolute atomic E-state index is 13.7. The van der Waals surface area contributed by atoms with E-state index in [1.807, 2.05) is 54.6 Å². The second-order valence-electron chi connectivity index (χ2n) is 9.56. The molecule has 0 saturated heterocycles. The molecular formula is C26H23F2N5O2. The van der Waals surface area contributed by atoms with Crippen molar-refractivity contribution in [3.8, 4) is 34.0 Å². The highest BCUT2D eigenvalue weighted by atomic mass is 19.3. The van der Waals surface area contributed by atoms with Crippen LogP contribution in [0.5, 0.6) is 5.88 Å². The lowest BCUT2D eigenvalue weighted by molar-refractivity contribution is -0.0738. The molecule has 6 rings (SSSR count). The van der Waals surface area contributed by atoms with E-state index in [-0.39, 0.29) is 12.5 Å². The van der Waals surface area contributed by atoms with Crippen LogP contribution in [0, 0.1) is 0 Å². The minimum absolute atomic E-state index is 0.00158. The molecule has 0 atom stereocenters. The highest BCUT2D eigenvalue weighted by Gasteiger charge is 2.49. The number of ether oxygens (including phenoxy) is 1. The number of hydrogen-bond acceptors (Lipinski definition) is 6. The van der Waals surface area contributed by atoms with Crippen molar-refractivity contribution in [2.24, 2.45) is 5.73 Å². The predicted octanol–water partition coefficient (Wildman–Crippen LogP) is 4.53. The van der Waals surface area contributed by atoms with Crippen LogP contribution < -0.4 is 10.5 Å². The molecule has 4 aromatic rings. The zero-order valence-electron chi connectivity index (χ0n) is 18.9. The summed E-state index contributed by atoms with van der Waals surface area (Å²) in [6.07, 6.45) is -1.80. The Kier molecular flexibility index (Phi) is 4.77. The van der Waals surface area contributed by atoms with Crippen molar-refractivity contribution in [1.29, 1.82) is 0 Å². The van der Waals surface area contributed by atoms with Gasteiger partial charge < -0.3 is 15.6 Å². The zero-order chi connectivity index (χ0) is 24.4. The van der Waals surface area contributed by atoms with E-state index in [9.17, 15) is 13.9 Å². The van der Waals surface area contributed by atoms with Gasteiger partial charge in [-0.1, -0.05) is 54.6 Å². The van der Waals surface area contributed by atoms with Gasteiger partial charge in [-0.2, -0.15) is 0 Å². The summed E-state index contributed by atoms with van der Waals surface area (Å²) in [5.41, 5.74) is 9.64. The number of aliphatic hydroxyl groups is 1. The Hall–Kier alpha value is -3.69. The van der Waals surface area contributed by atoms with Crippen molar-refractivity contribution >= 4 is 0 Å². The summed E-state index contributed by atoms with van der Waals surface area (Å²) in [5, 5.41) is 17.7. The molecule has 9 heteroatoms. The van der Waals surface area contributed by atoms with E-state index in [0.717, 1.165) is 22.3 Å². The summed E-state index contributed by atoms with van der Waals surface area (Å²) in [5.74, 6) is 0.103. The molecule has 0 amide bonds. The summed E-state index contributed by atoms with van der Waals surface area (Å²) in [6, 6.07) is 19.2. The minimum Gasteiger partial charge on any atom is -0.468 e. The first kappa shape index (κ1) is 21.8. The van der Waals surface area contributed by atoms with Crippen LogP contribution in [-0.4, -0.2) is 30.5 Å². The molecule has 1 aliphatic heterocycles. The van der Waals surface area contributed by atoms with Gasteiger partial charge in [0.1, 0.15) is 5.69 Å². The van der Waals surface area contributed by atoms with E-state index >= 15 is 0 Å². The molecule has 1 aliphatic carbocycles. The fourth-order valence-corrected chi connectivity index (χ4v) is 5.24. The average Bonchev–Trinajstić information content (AvgIpc) is 3.28. The van der Waals surface area contributed by atoms with E-state index in [0.29, 0.717) is 30.0 Å². The zero-order valence-corrected chi connectivity index (χ0v) is 18.9. The second kappa shape index (κ2) is 7.66. The van der Waals surface area contributed by atoms with Crippen molar-refractivity contribution in [2.75, 3.05) is 0 Å². The fourth-order valence-electron chi connectivity index (χ4n) is 5.24. The van der Waals surface area contributed by atoms with Crippen LogP contribution >= 0.6 is 0 Å². The molecule has 0 spiro atoms. The van der Waals surface area contributed by atoms with Gasteiger partial charge in [0, 0.05) is 16.7 Å². The van der Waals surface area contributed by atoms with Gasteiger partial charge in [-0.3, -0.25) is 4.57 Å². The number of aromatic nitrogens is 4. The third-order valence-corrected chi connectivity index (χ3v) is 6.71. The normalized spacial score (nSPS) is 22.8. The molecule has 2 aromatic carbocycles. The van der Waals surface area contributed by atoms with Crippen molar-refractivity contribution in [1.82, 2.24) is 19.7 Å². The number of halogens is 2. The van der Waals surface area contributed by atoms with Gasteiger partial charge in [-0.15, -0.1) is 10.2 Å². The quantitative estimate of drug-likeness (QED) is 0.450. The largest absolute Gasteiger partial charge is 0.468 e. The Morgan fingerprint density at radius 2 is 1.74 bits per heavy atom. The fraction of sp³-hybridized carbons (Fsp3) is 0.269. The maximum atomic E-state index is 13.7. The van der Waals surface area contributed by atoms with E-state index in [2.05, 4.69) is 10.2 Å². The number of alkyl halides is 2. The molecule has 0 bridgehead atoms. The molecule has 1 saturated carbocycles. The smallest absolute Gasteiger partial charge is 0.297 e. The number of nitrogens with zero attached hydrogens (tertiary/aromatic N) is 4. The van der Waals surface area contributed by atoms with Crippen LogP contribution in [0.2, 0.25) is 0 Å². The summed E-state index contributed by atoms with van der Waals surface area (Å²) >= 11 is 0. The van der Waals surface area contributed by atoms with Gasteiger partial charge in [0.05, 0.1) is 11.3 Å². The van der Waals surface area contributed by atoms with E-state index in [4.69, 9.17) is 15.5 Å². The van der Waals surface area contributed by atoms with Gasteiger partial charge in [0.15, 0.2) is 12.4 Å². The average molecular weight is 475 g/mol. The molecular weight excluding hydrogens is 452 g/mol. The minimum atomic E-state index is -2.79. The summed E-state index contributed by atoms with van der Waals surface area (Å²) < 4.78 is 34.4. The molecule has 7 nitrogen and oxygen atoms in total. The van der Waals surface area contributed by atoms with Crippen LogP contribution in [0.3, 0.4) is 0 Å². The first-order chi connectivity index (χ1) is 16.7. The number of rotatable bonds is 4. The van der Waals surface area contributed by atoms with Crippen LogP contribution in [0.1, 0.15) is 43.4 Å². The van der Waals surface area contributed by atoms with Crippen LogP contribution in [0.15, 0.2) is 60.7 Å². The molecule has 3 N–H and O–H groups in total. The lowest BCUT2D eigenvalue weighted by atomic mass is 9.63. The topological polar surface area (TPSA) is 99.1 Å². The monoisotopic (exact) mass is 475 g/mol. The Morgan fingerprint density at radius 3 is 2.40 bits per heavy atom.